The number of hydrogen-bond donors (Lipinski definition) is 1. The molecule has 1 aromatic carbocycles. The molecule has 1 aromatic heterocycles. The Bertz CT molecular complexity index is 797. The highest BCUT2D eigenvalue weighted by atomic mass is 16.5. The minimum atomic E-state index is -0.314. The van der Waals surface area contributed by atoms with Crippen LogP contribution in [0.2, 0.25) is 0 Å². The fraction of sp³-hybridized carbons (Fsp3) is 0.400. The molecule has 0 fully saturated rings. The molecule has 0 aliphatic carbocycles. The van der Waals surface area contributed by atoms with Crippen LogP contribution in [0.5, 0.6) is 11.5 Å². The molecule has 1 N–H and O–H groups in total. The van der Waals surface area contributed by atoms with Gasteiger partial charge in [-0.25, -0.2) is 0 Å². The molecule has 0 saturated heterocycles. The van der Waals surface area contributed by atoms with Crippen molar-refractivity contribution in [2.75, 3.05) is 20.3 Å². The van der Waals surface area contributed by atoms with E-state index in [1.807, 2.05) is 31.2 Å². The van der Waals surface area contributed by atoms with Crippen molar-refractivity contribution in [3.8, 4) is 22.6 Å². The second kappa shape index (κ2) is 9.65. The number of benzene rings is 1. The molecule has 26 heavy (non-hydrogen) atoms. The van der Waals surface area contributed by atoms with Gasteiger partial charge < -0.3 is 19.2 Å². The number of aromatic nitrogens is 1. The molecule has 0 amide bonds. The van der Waals surface area contributed by atoms with Crippen molar-refractivity contribution in [2.45, 2.75) is 33.1 Å². The zero-order valence-corrected chi connectivity index (χ0v) is 15.5. The van der Waals surface area contributed by atoms with Gasteiger partial charge in [0.25, 0.3) is 5.56 Å². The lowest BCUT2D eigenvalue weighted by Gasteiger charge is -2.12. The van der Waals surface area contributed by atoms with Gasteiger partial charge in [0.1, 0.15) is 0 Å². The molecule has 140 valence electrons. The van der Waals surface area contributed by atoms with Crippen molar-refractivity contribution >= 4 is 5.97 Å². The van der Waals surface area contributed by atoms with Crippen molar-refractivity contribution in [3.05, 3.63) is 46.4 Å². The van der Waals surface area contributed by atoms with Crippen LogP contribution in [-0.4, -0.2) is 31.3 Å². The Hall–Kier alpha value is -2.76. The number of methoxy groups -OCH3 is 1. The third-order valence-corrected chi connectivity index (χ3v) is 3.83. The van der Waals surface area contributed by atoms with Gasteiger partial charge in [-0.2, -0.15) is 0 Å². The second-order valence-electron chi connectivity index (χ2n) is 5.90. The lowest BCUT2D eigenvalue weighted by atomic mass is 10.0. The van der Waals surface area contributed by atoms with E-state index in [-0.39, 0.29) is 11.5 Å². The average molecular weight is 359 g/mol. The van der Waals surface area contributed by atoms with Gasteiger partial charge in [-0.05, 0) is 48.6 Å². The predicted octanol–water partition coefficient (Wildman–Crippen LogP) is 3.34. The molecule has 6 nitrogen and oxygen atoms in total. The summed E-state index contributed by atoms with van der Waals surface area (Å²) in [6, 6.07) is 7.54. The highest BCUT2D eigenvalue weighted by molar-refractivity contribution is 5.67. The number of esters is 1. The number of carbonyl (C=O) groups is 1. The number of nitrogens with one attached hydrogen (secondary N) is 1. The topological polar surface area (TPSA) is 77.6 Å². The molecule has 0 aliphatic rings. The van der Waals surface area contributed by atoms with Crippen molar-refractivity contribution < 1.29 is 19.0 Å². The van der Waals surface area contributed by atoms with E-state index in [2.05, 4.69) is 4.98 Å². The van der Waals surface area contributed by atoms with Gasteiger partial charge >= 0.3 is 5.97 Å². The number of pyridine rings is 1. The van der Waals surface area contributed by atoms with Crippen LogP contribution in [0.1, 0.15) is 32.3 Å². The van der Waals surface area contributed by atoms with Crippen LogP contribution in [0.25, 0.3) is 11.1 Å². The Labute approximate surface area is 153 Å². The van der Waals surface area contributed by atoms with E-state index in [0.717, 1.165) is 17.5 Å². The summed E-state index contributed by atoms with van der Waals surface area (Å²) in [4.78, 5) is 25.6. The van der Waals surface area contributed by atoms with E-state index in [1.54, 1.807) is 13.3 Å². The molecule has 0 radical (unpaired) electrons. The third kappa shape index (κ3) is 5.37. The number of H-pyrrole nitrogens is 1. The number of aromatic amines is 1. The standard InChI is InChI=1S/C20H25NO5/c1-4-9-26-19-12-15(7-8-18(19)24-3)17-11-16(20(23)21-13-17)6-5-10-25-14(2)22/h7-8,11-13H,4-6,9-10H2,1-3H3,(H,21,23). The molecule has 0 bridgehead atoms. The largest absolute Gasteiger partial charge is 0.493 e. The van der Waals surface area contributed by atoms with Crippen LogP contribution in [0.4, 0.5) is 0 Å². The lowest BCUT2D eigenvalue weighted by molar-refractivity contribution is -0.141. The Morgan fingerprint density at radius 1 is 1.12 bits per heavy atom. The van der Waals surface area contributed by atoms with E-state index in [4.69, 9.17) is 14.2 Å². The van der Waals surface area contributed by atoms with E-state index >= 15 is 0 Å². The van der Waals surface area contributed by atoms with Gasteiger partial charge in [-0.1, -0.05) is 13.0 Å². The van der Waals surface area contributed by atoms with Gasteiger partial charge in [0.15, 0.2) is 11.5 Å². The number of aryl methyl sites for hydroxylation is 1. The molecule has 0 saturated carbocycles. The van der Waals surface area contributed by atoms with Crippen LogP contribution in [0.15, 0.2) is 35.3 Å². The Balaban J connectivity index is 2.21. The molecular formula is C20H25NO5. The molecule has 2 aromatic rings. The van der Waals surface area contributed by atoms with Crippen LogP contribution in [0.3, 0.4) is 0 Å². The molecule has 0 atom stereocenters. The molecule has 0 spiro atoms. The first-order chi connectivity index (χ1) is 12.5. The summed E-state index contributed by atoms with van der Waals surface area (Å²) in [5.74, 6) is 1.04. The van der Waals surface area contributed by atoms with Crippen LogP contribution in [-0.2, 0) is 16.0 Å². The molecule has 1 heterocycles. The van der Waals surface area contributed by atoms with Crippen LogP contribution >= 0.6 is 0 Å². The fourth-order valence-corrected chi connectivity index (χ4v) is 2.54. The number of hydrogen-bond acceptors (Lipinski definition) is 5. The minimum Gasteiger partial charge on any atom is -0.493 e. The summed E-state index contributed by atoms with van der Waals surface area (Å²) in [5.41, 5.74) is 2.33. The zero-order chi connectivity index (χ0) is 18.9. The zero-order valence-electron chi connectivity index (χ0n) is 15.5. The highest BCUT2D eigenvalue weighted by Gasteiger charge is 2.09. The Morgan fingerprint density at radius 3 is 2.62 bits per heavy atom. The van der Waals surface area contributed by atoms with Crippen molar-refractivity contribution in [2.24, 2.45) is 0 Å². The maximum Gasteiger partial charge on any atom is 0.302 e. The summed E-state index contributed by atoms with van der Waals surface area (Å²) < 4.78 is 16.0. The third-order valence-electron chi connectivity index (χ3n) is 3.83. The molecule has 6 heteroatoms. The summed E-state index contributed by atoms with van der Waals surface area (Å²) >= 11 is 0. The van der Waals surface area contributed by atoms with E-state index in [1.165, 1.54) is 6.92 Å². The van der Waals surface area contributed by atoms with E-state index in [9.17, 15) is 9.59 Å². The predicted molar refractivity (Wildman–Crippen MR) is 99.8 cm³/mol. The van der Waals surface area contributed by atoms with Crippen LogP contribution < -0.4 is 15.0 Å². The first-order valence-corrected chi connectivity index (χ1v) is 8.71. The molecule has 0 aliphatic heterocycles. The number of carbonyl (C=O) groups excluding carboxylic acids is 1. The first kappa shape index (κ1) is 19.6. The van der Waals surface area contributed by atoms with Gasteiger partial charge in [-0.15, -0.1) is 0 Å². The average Bonchev–Trinajstić information content (AvgIpc) is 2.64. The molecule has 2 rings (SSSR count). The fourth-order valence-electron chi connectivity index (χ4n) is 2.54. The summed E-state index contributed by atoms with van der Waals surface area (Å²) in [5, 5.41) is 0. The van der Waals surface area contributed by atoms with E-state index in [0.29, 0.717) is 43.1 Å². The van der Waals surface area contributed by atoms with Crippen molar-refractivity contribution in [3.63, 3.8) is 0 Å². The Morgan fingerprint density at radius 2 is 1.92 bits per heavy atom. The van der Waals surface area contributed by atoms with Gasteiger partial charge in [0.2, 0.25) is 0 Å². The maximum absolute atomic E-state index is 12.0. The van der Waals surface area contributed by atoms with Gasteiger partial charge in [0.05, 0.1) is 20.3 Å². The Kier molecular flexibility index (Phi) is 7.26. The summed E-state index contributed by atoms with van der Waals surface area (Å²) in [7, 11) is 1.61. The van der Waals surface area contributed by atoms with Gasteiger partial charge in [0, 0.05) is 18.7 Å². The number of ether oxygens (including phenoxy) is 3. The second-order valence-corrected chi connectivity index (χ2v) is 5.90. The lowest BCUT2D eigenvalue weighted by Crippen LogP contribution is -2.13. The smallest absolute Gasteiger partial charge is 0.302 e. The maximum atomic E-state index is 12.0. The summed E-state index contributed by atoms with van der Waals surface area (Å²) in [6.07, 6.45) is 3.72. The van der Waals surface area contributed by atoms with Gasteiger partial charge in [-0.3, -0.25) is 9.59 Å². The highest BCUT2D eigenvalue weighted by Crippen LogP contribution is 2.32. The SMILES string of the molecule is CCCOc1cc(-c2c[nH]c(=O)c(CCCOC(C)=O)c2)ccc1OC. The normalized spacial score (nSPS) is 10.4. The van der Waals surface area contributed by atoms with Crippen LogP contribution in [0, 0.1) is 0 Å². The van der Waals surface area contributed by atoms with Crippen molar-refractivity contribution in [1.82, 2.24) is 4.98 Å². The minimum absolute atomic E-state index is 0.132. The monoisotopic (exact) mass is 359 g/mol. The molecular weight excluding hydrogens is 334 g/mol. The summed E-state index contributed by atoms with van der Waals surface area (Å²) in [6.45, 7) is 4.32. The van der Waals surface area contributed by atoms with E-state index < -0.39 is 0 Å². The van der Waals surface area contributed by atoms with Crippen molar-refractivity contribution in [1.29, 1.82) is 0 Å². The first-order valence-electron chi connectivity index (χ1n) is 8.71. The number of rotatable bonds is 9. The quantitative estimate of drug-likeness (QED) is 0.549. The molecule has 0 unspecified atom stereocenters.